The zero-order valence-corrected chi connectivity index (χ0v) is 18.6. The fourth-order valence-corrected chi connectivity index (χ4v) is 4.52. The lowest BCUT2D eigenvalue weighted by Crippen LogP contribution is -2.40. The second kappa shape index (κ2) is 9.25. The molecule has 1 atom stereocenters. The van der Waals surface area contributed by atoms with Crippen molar-refractivity contribution in [1.82, 2.24) is 19.4 Å². The third-order valence-corrected chi connectivity index (χ3v) is 6.19. The molecule has 1 unspecified atom stereocenters. The summed E-state index contributed by atoms with van der Waals surface area (Å²) in [6.45, 7) is 1.96. The average molecular weight is 492 g/mol. The molecule has 1 aromatic carbocycles. The molecular formula is C23H23F3N4O5. The molecule has 0 aliphatic carbocycles. The number of hydrogen-bond acceptors (Lipinski definition) is 6. The lowest BCUT2D eigenvalue weighted by atomic mass is 10.0. The number of carbonyl (C=O) groups excluding carboxylic acids is 1. The minimum Gasteiger partial charge on any atom is -0.486 e. The Morgan fingerprint density at radius 1 is 1.11 bits per heavy atom. The van der Waals surface area contributed by atoms with Crippen LogP contribution in [0.5, 0.6) is 11.5 Å². The van der Waals surface area contributed by atoms with Crippen LogP contribution < -0.4 is 15.2 Å². The topological polar surface area (TPSA) is 98.7 Å². The van der Waals surface area contributed by atoms with Crippen molar-refractivity contribution in [3.05, 3.63) is 52.6 Å². The second-order valence-corrected chi connectivity index (χ2v) is 8.54. The summed E-state index contributed by atoms with van der Waals surface area (Å²) in [6, 6.07) is 6.49. The molecule has 4 heterocycles. The first kappa shape index (κ1) is 23.2. The molecule has 0 saturated carbocycles. The van der Waals surface area contributed by atoms with Gasteiger partial charge in [0, 0.05) is 37.2 Å². The maximum atomic E-state index is 12.8. The standard InChI is InChI=1S/C23H23F3N4O5/c24-23(25,26)35-16-3-1-14(2-4-16)21(31)29-8-5-15(6-9-29)30-19-11-18(34-17-7-10-33-13-17)12-27-20(19)28-22(30)32/h1-4,11-12,15,17H,5-10,13H2,(H,27,28,32). The van der Waals surface area contributed by atoms with Gasteiger partial charge in [0.25, 0.3) is 5.91 Å². The number of pyridine rings is 1. The van der Waals surface area contributed by atoms with E-state index >= 15 is 0 Å². The monoisotopic (exact) mass is 492 g/mol. The Morgan fingerprint density at radius 2 is 1.86 bits per heavy atom. The molecule has 186 valence electrons. The van der Waals surface area contributed by atoms with Crippen molar-refractivity contribution in [2.24, 2.45) is 0 Å². The molecule has 0 spiro atoms. The molecular weight excluding hydrogens is 469 g/mol. The van der Waals surface area contributed by atoms with Crippen molar-refractivity contribution >= 4 is 17.1 Å². The van der Waals surface area contributed by atoms with Crippen LogP contribution in [0.15, 0.2) is 41.3 Å². The highest BCUT2D eigenvalue weighted by Gasteiger charge is 2.31. The van der Waals surface area contributed by atoms with Gasteiger partial charge in [0.2, 0.25) is 0 Å². The van der Waals surface area contributed by atoms with Crippen LogP contribution in [0.1, 0.15) is 35.7 Å². The summed E-state index contributed by atoms with van der Waals surface area (Å²) in [4.78, 5) is 34.2. The predicted octanol–water partition coefficient (Wildman–Crippen LogP) is 3.27. The number of imidazole rings is 1. The predicted molar refractivity (Wildman–Crippen MR) is 118 cm³/mol. The van der Waals surface area contributed by atoms with Crippen LogP contribution in [-0.4, -0.2) is 64.1 Å². The molecule has 35 heavy (non-hydrogen) atoms. The van der Waals surface area contributed by atoms with Crippen LogP contribution in [0.25, 0.3) is 11.2 Å². The van der Waals surface area contributed by atoms with Crippen LogP contribution in [0.2, 0.25) is 0 Å². The van der Waals surface area contributed by atoms with E-state index in [-0.39, 0.29) is 35.1 Å². The number of H-pyrrole nitrogens is 1. The maximum Gasteiger partial charge on any atom is 0.573 e. The molecule has 9 nitrogen and oxygen atoms in total. The van der Waals surface area contributed by atoms with E-state index in [9.17, 15) is 22.8 Å². The molecule has 2 aliphatic heterocycles. The number of fused-ring (bicyclic) bond motifs is 1. The zero-order valence-electron chi connectivity index (χ0n) is 18.6. The van der Waals surface area contributed by atoms with Crippen LogP contribution >= 0.6 is 0 Å². The second-order valence-electron chi connectivity index (χ2n) is 8.54. The minimum absolute atomic E-state index is 0.0447. The number of aromatic nitrogens is 3. The number of alkyl halides is 3. The summed E-state index contributed by atoms with van der Waals surface area (Å²) >= 11 is 0. The average Bonchev–Trinajstić information content (AvgIpc) is 3.45. The van der Waals surface area contributed by atoms with Crippen molar-refractivity contribution in [3.63, 3.8) is 0 Å². The number of nitrogens with zero attached hydrogens (tertiary/aromatic N) is 3. The summed E-state index contributed by atoms with van der Waals surface area (Å²) in [5.41, 5.74) is 1.09. The molecule has 1 amide bonds. The highest BCUT2D eigenvalue weighted by Crippen LogP contribution is 2.28. The molecule has 3 aromatic rings. The van der Waals surface area contributed by atoms with Crippen LogP contribution in [0, 0.1) is 0 Å². The number of ether oxygens (including phenoxy) is 3. The van der Waals surface area contributed by atoms with Crippen molar-refractivity contribution in [1.29, 1.82) is 0 Å². The number of piperidine rings is 1. The first-order valence-electron chi connectivity index (χ1n) is 11.3. The van der Waals surface area contributed by atoms with Crippen LogP contribution in [0.4, 0.5) is 13.2 Å². The van der Waals surface area contributed by atoms with Crippen molar-refractivity contribution < 1.29 is 32.2 Å². The highest BCUT2D eigenvalue weighted by molar-refractivity contribution is 5.94. The summed E-state index contributed by atoms with van der Waals surface area (Å²) < 4.78 is 53.8. The molecule has 5 rings (SSSR count). The quantitative estimate of drug-likeness (QED) is 0.587. The summed E-state index contributed by atoms with van der Waals surface area (Å²) in [5.74, 6) is -0.111. The van der Waals surface area contributed by atoms with Gasteiger partial charge in [-0.3, -0.25) is 14.3 Å². The SMILES string of the molecule is O=C(c1ccc(OC(F)(F)F)cc1)N1CCC(n2c(=O)[nH]c3ncc(OC4CCOC4)cc32)CC1. The molecule has 2 fully saturated rings. The first-order valence-corrected chi connectivity index (χ1v) is 11.3. The number of halogens is 3. The van der Waals surface area contributed by atoms with Gasteiger partial charge in [-0.1, -0.05) is 0 Å². The van der Waals surface area contributed by atoms with E-state index < -0.39 is 6.36 Å². The van der Waals surface area contributed by atoms with Crippen molar-refractivity contribution in [2.45, 2.75) is 37.8 Å². The van der Waals surface area contributed by atoms with Gasteiger partial charge in [0.05, 0.1) is 24.9 Å². The van der Waals surface area contributed by atoms with Gasteiger partial charge < -0.3 is 19.1 Å². The Kier molecular flexibility index (Phi) is 6.13. The van der Waals surface area contributed by atoms with E-state index in [1.165, 1.54) is 12.1 Å². The number of hydrogen-bond donors (Lipinski definition) is 1. The van der Waals surface area contributed by atoms with Crippen LogP contribution in [0.3, 0.4) is 0 Å². The Morgan fingerprint density at radius 3 is 2.51 bits per heavy atom. The normalized spacial score (nSPS) is 19.3. The number of carbonyl (C=O) groups is 1. The molecule has 2 aromatic heterocycles. The smallest absolute Gasteiger partial charge is 0.486 e. The summed E-state index contributed by atoms with van der Waals surface area (Å²) in [7, 11) is 0. The number of benzene rings is 1. The van der Waals surface area contributed by atoms with Crippen molar-refractivity contribution in [2.75, 3.05) is 26.3 Å². The Labute approximate surface area is 197 Å². The Hall–Kier alpha value is -3.54. The van der Waals surface area contributed by atoms with Gasteiger partial charge in [-0.15, -0.1) is 13.2 Å². The first-order chi connectivity index (χ1) is 16.8. The molecule has 1 N–H and O–H groups in total. The van der Waals surface area contributed by atoms with Gasteiger partial charge >= 0.3 is 12.1 Å². The van der Waals surface area contributed by atoms with Gasteiger partial charge in [-0.2, -0.15) is 0 Å². The van der Waals surface area contributed by atoms with E-state index in [2.05, 4.69) is 14.7 Å². The van der Waals surface area contributed by atoms with E-state index in [0.29, 0.717) is 56.1 Å². The van der Waals surface area contributed by atoms with Gasteiger partial charge in [-0.05, 0) is 37.1 Å². The number of aromatic amines is 1. The van der Waals surface area contributed by atoms with Gasteiger partial charge in [-0.25, -0.2) is 9.78 Å². The van der Waals surface area contributed by atoms with Gasteiger partial charge in [0.1, 0.15) is 17.6 Å². The molecule has 12 heteroatoms. The molecule has 0 radical (unpaired) electrons. The van der Waals surface area contributed by atoms with Crippen molar-refractivity contribution in [3.8, 4) is 11.5 Å². The highest BCUT2D eigenvalue weighted by atomic mass is 19.4. The minimum atomic E-state index is -4.79. The number of rotatable bonds is 5. The zero-order chi connectivity index (χ0) is 24.6. The fraction of sp³-hybridized carbons (Fsp3) is 0.435. The Balaban J connectivity index is 1.26. The molecule has 2 saturated heterocycles. The fourth-order valence-electron chi connectivity index (χ4n) is 4.52. The third kappa shape index (κ3) is 5.11. The largest absolute Gasteiger partial charge is 0.573 e. The molecule has 0 bridgehead atoms. The Bertz CT molecular complexity index is 1260. The lowest BCUT2D eigenvalue weighted by molar-refractivity contribution is -0.274. The molecule has 2 aliphatic rings. The van der Waals surface area contributed by atoms with Crippen LogP contribution in [-0.2, 0) is 4.74 Å². The number of likely N-dealkylation sites (tertiary alicyclic amines) is 1. The third-order valence-electron chi connectivity index (χ3n) is 6.19. The summed E-state index contributed by atoms with van der Waals surface area (Å²) in [5, 5.41) is 0. The summed E-state index contributed by atoms with van der Waals surface area (Å²) in [6.07, 6.45) is -1.39. The lowest BCUT2D eigenvalue weighted by Gasteiger charge is -2.32. The number of nitrogens with one attached hydrogen (secondary N) is 1. The maximum absolute atomic E-state index is 12.8. The van der Waals surface area contributed by atoms with E-state index in [1.807, 2.05) is 0 Å². The van der Waals surface area contributed by atoms with E-state index in [0.717, 1.165) is 18.6 Å². The van der Waals surface area contributed by atoms with E-state index in [1.54, 1.807) is 21.7 Å². The number of amides is 1. The van der Waals surface area contributed by atoms with E-state index in [4.69, 9.17) is 9.47 Å². The van der Waals surface area contributed by atoms with Gasteiger partial charge in [0.15, 0.2) is 5.65 Å².